The quantitative estimate of drug-likeness (QED) is 0.387. The fourth-order valence-electron chi connectivity index (χ4n) is 5.69. The predicted octanol–water partition coefficient (Wildman–Crippen LogP) is 2.89. The summed E-state index contributed by atoms with van der Waals surface area (Å²) in [6.45, 7) is 5.36. The monoisotopic (exact) mass is 632 g/mol. The first-order chi connectivity index (χ1) is 20.8. The molecule has 44 heavy (non-hydrogen) atoms. The lowest BCUT2D eigenvalue weighted by atomic mass is 10.0. The van der Waals surface area contributed by atoms with E-state index in [-0.39, 0.29) is 18.9 Å². The van der Waals surface area contributed by atoms with Crippen molar-refractivity contribution in [1.82, 2.24) is 20.3 Å². The minimum Gasteiger partial charge on any atom is -0.444 e. The van der Waals surface area contributed by atoms with Gasteiger partial charge in [-0.05, 0) is 71.3 Å². The smallest absolute Gasteiger partial charge is 0.408 e. The molecule has 1 aliphatic carbocycles. The van der Waals surface area contributed by atoms with Crippen molar-refractivity contribution in [3.63, 3.8) is 0 Å². The molecular weight excluding hydrogens is 588 g/mol. The van der Waals surface area contributed by atoms with Gasteiger partial charge in [0, 0.05) is 12.5 Å². The molecule has 0 bridgehead atoms. The lowest BCUT2D eigenvalue weighted by molar-refractivity contribution is -0.141. The minimum absolute atomic E-state index is 0.160. The van der Waals surface area contributed by atoms with Gasteiger partial charge >= 0.3 is 16.4 Å². The van der Waals surface area contributed by atoms with E-state index >= 15 is 0 Å². The maximum absolute atomic E-state index is 13.7. The second-order valence-corrected chi connectivity index (χ2v) is 14.0. The zero-order chi connectivity index (χ0) is 32.0. The Morgan fingerprint density at radius 3 is 2.55 bits per heavy atom. The van der Waals surface area contributed by atoms with Gasteiger partial charge in [-0.2, -0.15) is 8.42 Å². The summed E-state index contributed by atoms with van der Waals surface area (Å²) in [4.78, 5) is 54.8. The van der Waals surface area contributed by atoms with Crippen molar-refractivity contribution in [2.45, 2.75) is 102 Å². The number of nitrogens with zero attached hydrogens (tertiary/aromatic N) is 1. The van der Waals surface area contributed by atoms with E-state index in [9.17, 15) is 27.6 Å². The predicted molar refractivity (Wildman–Crippen MR) is 162 cm³/mol. The van der Waals surface area contributed by atoms with E-state index in [0.717, 1.165) is 18.4 Å². The van der Waals surface area contributed by atoms with E-state index in [1.807, 2.05) is 47.2 Å². The number of hydrogen-bond acceptors (Lipinski definition) is 8. The molecule has 12 nitrogen and oxygen atoms in total. The first-order valence-electron chi connectivity index (χ1n) is 15.3. The zero-order valence-electron chi connectivity index (χ0n) is 25.7. The van der Waals surface area contributed by atoms with Crippen LogP contribution in [0.25, 0.3) is 0 Å². The zero-order valence-corrected chi connectivity index (χ0v) is 26.5. The molecule has 0 aromatic heterocycles. The molecule has 1 saturated heterocycles. The third kappa shape index (κ3) is 9.04. The number of benzene rings is 1. The maximum Gasteiger partial charge on any atom is 0.408 e. The summed E-state index contributed by atoms with van der Waals surface area (Å²) in [5.41, 5.74) is -1.35. The van der Waals surface area contributed by atoms with Crippen LogP contribution in [0.5, 0.6) is 0 Å². The van der Waals surface area contributed by atoms with Crippen LogP contribution in [-0.4, -0.2) is 73.5 Å². The topological polar surface area (TPSA) is 160 Å². The third-order valence-corrected chi connectivity index (χ3v) is 8.93. The van der Waals surface area contributed by atoms with Crippen LogP contribution in [0.15, 0.2) is 42.5 Å². The number of amides is 4. The average molecular weight is 633 g/mol. The molecule has 2 aliphatic heterocycles. The van der Waals surface area contributed by atoms with Gasteiger partial charge in [-0.25, -0.2) is 9.52 Å². The minimum atomic E-state index is -4.44. The Hall–Kier alpha value is -3.45. The van der Waals surface area contributed by atoms with Crippen LogP contribution in [0, 0.1) is 5.92 Å². The fourth-order valence-corrected chi connectivity index (χ4v) is 6.46. The Kier molecular flexibility index (Phi) is 10.7. The number of carbonyl (C=O) groups excluding carboxylic acids is 4. The Morgan fingerprint density at radius 2 is 1.82 bits per heavy atom. The molecule has 4 amide bonds. The second-order valence-electron chi connectivity index (χ2n) is 12.7. The summed E-state index contributed by atoms with van der Waals surface area (Å²) in [6.07, 6.45) is 7.95. The van der Waals surface area contributed by atoms with Crippen LogP contribution in [-0.2, 0) is 40.0 Å². The van der Waals surface area contributed by atoms with E-state index in [4.69, 9.17) is 8.92 Å². The molecule has 1 aromatic carbocycles. The van der Waals surface area contributed by atoms with E-state index in [0.29, 0.717) is 45.1 Å². The van der Waals surface area contributed by atoms with Gasteiger partial charge < -0.3 is 20.3 Å². The molecule has 3 aliphatic rings. The van der Waals surface area contributed by atoms with E-state index in [1.54, 1.807) is 20.8 Å². The fraction of sp³-hybridized carbons (Fsp3) is 0.613. The lowest BCUT2D eigenvalue weighted by Gasteiger charge is -2.30. The number of nitrogens with one attached hydrogen (secondary N) is 3. The molecule has 1 aromatic rings. The molecule has 4 atom stereocenters. The van der Waals surface area contributed by atoms with Crippen molar-refractivity contribution < 1.29 is 36.5 Å². The summed E-state index contributed by atoms with van der Waals surface area (Å²) in [6, 6.07) is 7.46. The van der Waals surface area contributed by atoms with E-state index < -0.39 is 57.4 Å². The van der Waals surface area contributed by atoms with Gasteiger partial charge in [0.2, 0.25) is 11.8 Å². The van der Waals surface area contributed by atoms with Crippen LogP contribution >= 0.6 is 0 Å². The first kappa shape index (κ1) is 33.4. The van der Waals surface area contributed by atoms with Gasteiger partial charge in [0.05, 0.1) is 6.61 Å². The molecule has 2 heterocycles. The van der Waals surface area contributed by atoms with Crippen molar-refractivity contribution in [3.05, 3.63) is 48.0 Å². The van der Waals surface area contributed by atoms with Gasteiger partial charge in [0.1, 0.15) is 23.2 Å². The Bertz CT molecular complexity index is 1340. The van der Waals surface area contributed by atoms with Crippen molar-refractivity contribution in [3.8, 4) is 0 Å². The molecular formula is C31H44N4O8S. The summed E-state index contributed by atoms with van der Waals surface area (Å²) in [5.74, 6) is -2.23. The highest BCUT2D eigenvalue weighted by molar-refractivity contribution is 7.85. The van der Waals surface area contributed by atoms with Crippen molar-refractivity contribution in [2.75, 3.05) is 13.2 Å². The van der Waals surface area contributed by atoms with Crippen molar-refractivity contribution in [2.24, 2.45) is 5.92 Å². The molecule has 2 fully saturated rings. The molecule has 0 unspecified atom stereocenters. The highest BCUT2D eigenvalue weighted by Gasteiger charge is 2.61. The number of hydrogen-bond donors (Lipinski definition) is 3. The first-order valence-corrected chi connectivity index (χ1v) is 16.7. The highest BCUT2D eigenvalue weighted by atomic mass is 32.2. The molecule has 3 N–H and O–H groups in total. The number of fused-ring (bicyclic) bond motifs is 2. The van der Waals surface area contributed by atoms with Crippen molar-refractivity contribution >= 4 is 34.1 Å². The molecule has 1 saturated carbocycles. The molecule has 0 spiro atoms. The maximum atomic E-state index is 13.7. The summed E-state index contributed by atoms with van der Waals surface area (Å²) in [7, 11) is -4.44. The van der Waals surface area contributed by atoms with Crippen LogP contribution in [0.1, 0.15) is 77.7 Å². The number of carbonyl (C=O) groups is 4. The van der Waals surface area contributed by atoms with Crippen LogP contribution in [0.2, 0.25) is 0 Å². The molecule has 4 rings (SSSR count). The number of alkyl carbamates (subject to hydrolysis) is 1. The summed E-state index contributed by atoms with van der Waals surface area (Å²) >= 11 is 0. The molecule has 13 heteroatoms. The molecule has 242 valence electrons. The Balaban J connectivity index is 1.47. The number of rotatable bonds is 7. The Labute approximate surface area is 259 Å². The normalized spacial score (nSPS) is 27.1. The van der Waals surface area contributed by atoms with Gasteiger partial charge in [-0.3, -0.25) is 18.6 Å². The standard InChI is InChI=1S/C31H44N4O8S/c1-30(2,3)43-29(39)32-24-16-11-6-4-5-10-15-23-21-31(23,33-26(36)25-17-12-19-35(25)27(24)37)28(38)34-44(40,41)42-20-18-22-13-8-7-9-14-22/h7-10,13-15,23-25H,4-6,11-12,16-21H2,1-3H3,(H,32,39)(H,33,36)(H,34,38)/b15-10-/t23-,24+,25+,31-/m1/s1. The average Bonchev–Trinajstić information content (AvgIpc) is 3.40. The number of ether oxygens (including phenoxy) is 1. The highest BCUT2D eigenvalue weighted by Crippen LogP contribution is 2.45. The van der Waals surface area contributed by atoms with Gasteiger partial charge in [0.15, 0.2) is 0 Å². The van der Waals surface area contributed by atoms with E-state index in [2.05, 4.69) is 10.6 Å². The van der Waals surface area contributed by atoms with Gasteiger partial charge in [-0.1, -0.05) is 55.3 Å². The van der Waals surface area contributed by atoms with Crippen LogP contribution < -0.4 is 15.4 Å². The molecule has 0 radical (unpaired) electrons. The SMILES string of the molecule is CC(C)(C)OC(=O)N[C@H]1CCCCC/C=C\[C@@H]2C[C@@]2(C(=O)NS(=O)(=O)OCCc2ccccc2)NC(=O)[C@@H]2CCCN2C1=O. The summed E-state index contributed by atoms with van der Waals surface area (Å²) in [5, 5.41) is 5.49. The van der Waals surface area contributed by atoms with Gasteiger partial charge in [0.25, 0.3) is 5.91 Å². The van der Waals surface area contributed by atoms with Crippen LogP contribution in [0.3, 0.4) is 0 Å². The van der Waals surface area contributed by atoms with Crippen molar-refractivity contribution in [1.29, 1.82) is 0 Å². The summed E-state index contributed by atoms with van der Waals surface area (Å²) < 4.78 is 37.7. The Morgan fingerprint density at radius 1 is 1.07 bits per heavy atom. The van der Waals surface area contributed by atoms with Crippen LogP contribution in [0.4, 0.5) is 4.79 Å². The second kappa shape index (κ2) is 14.1. The van der Waals surface area contributed by atoms with Gasteiger partial charge in [-0.15, -0.1) is 0 Å². The number of allylic oxidation sites excluding steroid dienone is 1. The van der Waals surface area contributed by atoms with E-state index in [1.165, 1.54) is 4.90 Å². The third-order valence-electron chi connectivity index (χ3n) is 8.02. The largest absolute Gasteiger partial charge is 0.444 e. The lowest BCUT2D eigenvalue weighted by Crippen LogP contribution is -2.58.